The summed E-state index contributed by atoms with van der Waals surface area (Å²) in [6.45, 7) is 1.06. The van der Waals surface area contributed by atoms with E-state index in [9.17, 15) is 9.59 Å². The van der Waals surface area contributed by atoms with Gasteiger partial charge in [0.15, 0.2) is 0 Å². The fourth-order valence-corrected chi connectivity index (χ4v) is 1.99. The molecule has 20 heavy (non-hydrogen) atoms. The van der Waals surface area contributed by atoms with Crippen molar-refractivity contribution in [3.05, 3.63) is 42.0 Å². The van der Waals surface area contributed by atoms with Gasteiger partial charge in [0.25, 0.3) is 11.7 Å². The van der Waals surface area contributed by atoms with Crippen LogP contribution >= 0.6 is 0 Å². The molecule has 1 amide bonds. The number of primary amides is 1. The zero-order chi connectivity index (χ0) is 14.5. The molecule has 4 N–H and O–H groups in total. The highest BCUT2D eigenvalue weighted by atomic mass is 16.5. The van der Waals surface area contributed by atoms with Crippen LogP contribution in [0.3, 0.4) is 0 Å². The third-order valence-electron chi connectivity index (χ3n) is 2.96. The van der Waals surface area contributed by atoms with Crippen LogP contribution in [0.2, 0.25) is 0 Å². The molecule has 0 bridgehead atoms. The summed E-state index contributed by atoms with van der Waals surface area (Å²) in [5.74, 6) is -1.00. The lowest BCUT2D eigenvalue weighted by Gasteiger charge is -2.11. The maximum absolute atomic E-state index is 11.8. The van der Waals surface area contributed by atoms with Crippen molar-refractivity contribution in [1.29, 1.82) is 0 Å². The van der Waals surface area contributed by atoms with Gasteiger partial charge in [-0.15, -0.1) is 0 Å². The summed E-state index contributed by atoms with van der Waals surface area (Å²) in [5, 5.41) is 1.43. The van der Waals surface area contributed by atoms with Gasteiger partial charge >= 0.3 is 0 Å². The van der Waals surface area contributed by atoms with Crippen molar-refractivity contribution in [3.8, 4) is 5.75 Å². The second-order valence-corrected chi connectivity index (χ2v) is 4.34. The van der Waals surface area contributed by atoms with Gasteiger partial charge in [0, 0.05) is 10.9 Å². The van der Waals surface area contributed by atoms with Crippen molar-refractivity contribution in [1.82, 2.24) is 0 Å². The third-order valence-corrected chi connectivity index (χ3v) is 2.96. The Bertz CT molecular complexity index is 653. The standard InChI is InChI=1S/C15H16N2O3/c16-8-3-9-20-13-7-6-12(14(18)15(17)19)10-4-1-2-5-11(10)13/h1-2,4-7H,3,8-9,16H2,(H2,17,19). The van der Waals surface area contributed by atoms with Crippen LogP contribution in [-0.4, -0.2) is 24.8 Å². The lowest BCUT2D eigenvalue weighted by molar-refractivity contribution is -0.114. The lowest BCUT2D eigenvalue weighted by atomic mass is 10.0. The molecule has 104 valence electrons. The predicted octanol–water partition coefficient (Wildman–Crippen LogP) is 1.24. The van der Waals surface area contributed by atoms with E-state index in [2.05, 4.69) is 0 Å². The number of rotatable bonds is 6. The topological polar surface area (TPSA) is 95.4 Å². The van der Waals surface area contributed by atoms with E-state index < -0.39 is 11.7 Å². The van der Waals surface area contributed by atoms with Gasteiger partial charge in [-0.05, 0) is 30.5 Å². The van der Waals surface area contributed by atoms with Crippen molar-refractivity contribution in [2.75, 3.05) is 13.2 Å². The summed E-state index contributed by atoms with van der Waals surface area (Å²) >= 11 is 0. The number of nitrogens with two attached hydrogens (primary N) is 2. The Labute approximate surface area is 116 Å². The molecule has 0 atom stereocenters. The largest absolute Gasteiger partial charge is 0.493 e. The Balaban J connectivity index is 2.47. The first-order chi connectivity index (χ1) is 9.65. The molecule has 0 aliphatic rings. The molecule has 0 aliphatic carbocycles. The Morgan fingerprint density at radius 1 is 1.05 bits per heavy atom. The molecule has 0 radical (unpaired) electrons. The van der Waals surface area contributed by atoms with E-state index in [4.69, 9.17) is 16.2 Å². The van der Waals surface area contributed by atoms with Crippen LogP contribution in [0.5, 0.6) is 5.75 Å². The molecule has 2 aromatic carbocycles. The van der Waals surface area contributed by atoms with Gasteiger partial charge in [-0.25, -0.2) is 0 Å². The minimum absolute atomic E-state index is 0.291. The molecule has 0 heterocycles. The number of hydrogen-bond donors (Lipinski definition) is 2. The number of carbonyl (C=O) groups excluding carboxylic acids is 2. The minimum Gasteiger partial charge on any atom is -0.493 e. The maximum atomic E-state index is 11.8. The van der Waals surface area contributed by atoms with Gasteiger partial charge in [0.05, 0.1) is 6.61 Å². The molecular weight excluding hydrogens is 256 g/mol. The van der Waals surface area contributed by atoms with Crippen molar-refractivity contribution in [2.24, 2.45) is 11.5 Å². The summed E-state index contributed by atoms with van der Waals surface area (Å²) in [6, 6.07) is 10.5. The number of carbonyl (C=O) groups is 2. The molecule has 0 spiro atoms. The van der Waals surface area contributed by atoms with Crippen LogP contribution in [0, 0.1) is 0 Å². The van der Waals surface area contributed by atoms with Crippen LogP contribution in [0.15, 0.2) is 36.4 Å². The maximum Gasteiger partial charge on any atom is 0.289 e. The summed E-state index contributed by atoms with van der Waals surface area (Å²) in [6.07, 6.45) is 0.746. The molecule has 0 saturated heterocycles. The van der Waals surface area contributed by atoms with Gasteiger partial charge < -0.3 is 16.2 Å². The third kappa shape index (κ3) is 2.78. The first-order valence-corrected chi connectivity index (χ1v) is 6.34. The van der Waals surface area contributed by atoms with Gasteiger partial charge in [-0.2, -0.15) is 0 Å². The number of amides is 1. The Morgan fingerprint density at radius 2 is 1.75 bits per heavy atom. The monoisotopic (exact) mass is 272 g/mol. The molecule has 0 aromatic heterocycles. The highest BCUT2D eigenvalue weighted by molar-refractivity contribution is 6.44. The van der Waals surface area contributed by atoms with Crippen LogP contribution in [0.25, 0.3) is 10.8 Å². The molecule has 0 unspecified atom stereocenters. The first kappa shape index (κ1) is 14.0. The zero-order valence-electron chi connectivity index (χ0n) is 11.0. The van der Waals surface area contributed by atoms with Crippen LogP contribution < -0.4 is 16.2 Å². The molecule has 5 nitrogen and oxygen atoms in total. The SMILES string of the molecule is NCCCOc1ccc(C(=O)C(N)=O)c2ccccc12. The fraction of sp³-hybridized carbons (Fsp3) is 0.200. The number of ether oxygens (including phenoxy) is 1. The van der Waals surface area contributed by atoms with Gasteiger partial charge in [0.1, 0.15) is 5.75 Å². The Kier molecular flexibility index (Phi) is 4.32. The number of hydrogen-bond acceptors (Lipinski definition) is 4. The summed E-state index contributed by atoms with van der Waals surface area (Å²) in [5.41, 5.74) is 10.8. The summed E-state index contributed by atoms with van der Waals surface area (Å²) in [7, 11) is 0. The van der Waals surface area contributed by atoms with E-state index in [0.29, 0.717) is 29.9 Å². The first-order valence-electron chi connectivity index (χ1n) is 6.34. The number of Topliss-reactive ketones (excluding diaryl/α,β-unsaturated/α-hetero) is 1. The Hall–Kier alpha value is -2.40. The van der Waals surface area contributed by atoms with E-state index in [1.165, 1.54) is 0 Å². The fourth-order valence-electron chi connectivity index (χ4n) is 1.99. The highest BCUT2D eigenvalue weighted by Gasteiger charge is 2.17. The van der Waals surface area contributed by atoms with Crippen LogP contribution in [0.1, 0.15) is 16.8 Å². The Morgan fingerprint density at radius 3 is 2.40 bits per heavy atom. The minimum atomic E-state index is -0.966. The molecular formula is C15H16N2O3. The summed E-state index contributed by atoms with van der Waals surface area (Å²) in [4.78, 5) is 22.9. The van der Waals surface area contributed by atoms with Crippen molar-refractivity contribution < 1.29 is 14.3 Å². The van der Waals surface area contributed by atoms with E-state index in [1.54, 1.807) is 24.3 Å². The van der Waals surface area contributed by atoms with Gasteiger partial charge in [-0.3, -0.25) is 9.59 Å². The quantitative estimate of drug-likeness (QED) is 0.470. The van der Waals surface area contributed by atoms with Crippen LogP contribution in [-0.2, 0) is 4.79 Å². The zero-order valence-corrected chi connectivity index (χ0v) is 11.0. The molecule has 2 rings (SSSR count). The molecule has 5 heteroatoms. The molecule has 0 saturated carbocycles. The van der Waals surface area contributed by atoms with Gasteiger partial charge in [-0.1, -0.05) is 24.3 Å². The second-order valence-electron chi connectivity index (χ2n) is 4.34. The van der Waals surface area contributed by atoms with E-state index in [0.717, 1.165) is 11.8 Å². The smallest absolute Gasteiger partial charge is 0.289 e. The summed E-state index contributed by atoms with van der Waals surface area (Å²) < 4.78 is 5.65. The van der Waals surface area contributed by atoms with E-state index in [1.807, 2.05) is 12.1 Å². The molecule has 0 fully saturated rings. The average molecular weight is 272 g/mol. The average Bonchev–Trinajstić information content (AvgIpc) is 2.46. The number of fused-ring (bicyclic) bond motifs is 1. The van der Waals surface area contributed by atoms with Gasteiger partial charge in [0.2, 0.25) is 0 Å². The highest BCUT2D eigenvalue weighted by Crippen LogP contribution is 2.28. The van der Waals surface area contributed by atoms with Crippen molar-refractivity contribution in [3.63, 3.8) is 0 Å². The van der Waals surface area contributed by atoms with E-state index >= 15 is 0 Å². The number of ketones is 1. The second kappa shape index (κ2) is 6.16. The van der Waals surface area contributed by atoms with E-state index in [-0.39, 0.29) is 0 Å². The van der Waals surface area contributed by atoms with Crippen molar-refractivity contribution >= 4 is 22.5 Å². The lowest BCUT2D eigenvalue weighted by Crippen LogP contribution is -2.23. The van der Waals surface area contributed by atoms with Crippen LogP contribution in [0.4, 0.5) is 0 Å². The number of benzene rings is 2. The van der Waals surface area contributed by atoms with Crippen molar-refractivity contribution in [2.45, 2.75) is 6.42 Å². The molecule has 0 aliphatic heterocycles. The normalized spacial score (nSPS) is 10.4. The molecule has 2 aromatic rings. The predicted molar refractivity (Wildman–Crippen MR) is 76.6 cm³/mol.